The lowest BCUT2D eigenvalue weighted by Crippen LogP contribution is -1.90. The highest BCUT2D eigenvalue weighted by atomic mass is 32.1. The van der Waals surface area contributed by atoms with Crippen molar-refractivity contribution >= 4 is 21.6 Å². The monoisotopic (exact) mass is 355 g/mol. The Morgan fingerprint density at radius 2 is 1.92 bits per heavy atom. The molecular weight excluding hydrogens is 341 g/mol. The van der Waals surface area contributed by atoms with E-state index in [1.165, 1.54) is 12.1 Å². The summed E-state index contributed by atoms with van der Waals surface area (Å²) in [4.78, 5) is 4.52. The number of nitrogens with zero attached hydrogens (tertiary/aromatic N) is 3. The van der Waals surface area contributed by atoms with Crippen molar-refractivity contribution in [3.05, 3.63) is 58.7 Å². The number of aromatic nitrogens is 3. The minimum atomic E-state index is -0.272. The molecule has 2 aromatic heterocycles. The molecule has 2 aromatic carbocycles. The molecule has 0 saturated carbocycles. The molecule has 0 saturated heterocycles. The Kier molecular flexibility index (Phi) is 3.93. The Labute approximate surface area is 147 Å². The lowest BCUT2D eigenvalue weighted by molar-refractivity contribution is 0.417. The summed E-state index contributed by atoms with van der Waals surface area (Å²) in [6.45, 7) is 1.96. The lowest BCUT2D eigenvalue weighted by atomic mass is 10.1. The van der Waals surface area contributed by atoms with E-state index in [9.17, 15) is 4.39 Å². The van der Waals surface area contributed by atoms with Crippen LogP contribution in [0.5, 0.6) is 5.75 Å². The lowest BCUT2D eigenvalue weighted by Gasteiger charge is -2.05. The third-order valence-electron chi connectivity index (χ3n) is 3.79. The van der Waals surface area contributed by atoms with Crippen LogP contribution in [0.15, 0.2) is 40.8 Å². The molecule has 2 heterocycles. The molecule has 0 aliphatic rings. The van der Waals surface area contributed by atoms with E-state index in [1.54, 1.807) is 30.6 Å². The molecule has 4 rings (SSSR count). The van der Waals surface area contributed by atoms with Gasteiger partial charge in [-0.2, -0.15) is 0 Å². The molecule has 0 bridgehead atoms. The average Bonchev–Trinajstić information content (AvgIpc) is 3.21. The molecule has 0 amide bonds. The van der Waals surface area contributed by atoms with Gasteiger partial charge < -0.3 is 9.15 Å². The van der Waals surface area contributed by atoms with E-state index in [2.05, 4.69) is 15.2 Å². The number of ether oxygens (including phenoxy) is 1. The van der Waals surface area contributed by atoms with Crippen LogP contribution in [-0.4, -0.2) is 22.3 Å². The van der Waals surface area contributed by atoms with Crippen LogP contribution in [0.3, 0.4) is 0 Å². The minimum absolute atomic E-state index is 0.272. The van der Waals surface area contributed by atoms with Crippen molar-refractivity contribution in [2.24, 2.45) is 0 Å². The summed E-state index contributed by atoms with van der Waals surface area (Å²) < 4.78 is 25.4. The summed E-state index contributed by atoms with van der Waals surface area (Å²) >= 11 is 1.61. The first-order valence-electron chi connectivity index (χ1n) is 7.65. The van der Waals surface area contributed by atoms with Gasteiger partial charge in [0.05, 0.1) is 28.8 Å². The largest absolute Gasteiger partial charge is 0.494 e. The highest BCUT2D eigenvalue weighted by molar-refractivity contribution is 7.18. The first-order valence-corrected chi connectivity index (χ1v) is 8.47. The molecule has 5 nitrogen and oxygen atoms in total. The van der Waals surface area contributed by atoms with Gasteiger partial charge in [0, 0.05) is 0 Å². The van der Waals surface area contributed by atoms with Gasteiger partial charge in [-0.1, -0.05) is 12.1 Å². The van der Waals surface area contributed by atoms with E-state index < -0.39 is 0 Å². The Morgan fingerprint density at radius 3 is 2.68 bits per heavy atom. The number of rotatable bonds is 4. The number of thiazole rings is 1. The summed E-state index contributed by atoms with van der Waals surface area (Å²) in [5.41, 5.74) is 2.40. The maximum absolute atomic E-state index is 13.0. The van der Waals surface area contributed by atoms with Crippen molar-refractivity contribution in [2.45, 2.75) is 13.3 Å². The van der Waals surface area contributed by atoms with E-state index in [1.807, 2.05) is 19.1 Å². The average molecular weight is 355 g/mol. The van der Waals surface area contributed by atoms with Crippen molar-refractivity contribution in [1.82, 2.24) is 15.2 Å². The number of methoxy groups -OCH3 is 1. The molecule has 126 valence electrons. The summed E-state index contributed by atoms with van der Waals surface area (Å²) in [6.07, 6.45) is 0.438. The second-order valence-electron chi connectivity index (χ2n) is 5.53. The van der Waals surface area contributed by atoms with E-state index >= 15 is 0 Å². The predicted molar refractivity (Wildman–Crippen MR) is 93.4 cm³/mol. The molecule has 4 aromatic rings. The van der Waals surface area contributed by atoms with E-state index in [0.29, 0.717) is 29.5 Å². The fraction of sp³-hybridized carbons (Fsp3) is 0.167. The van der Waals surface area contributed by atoms with Crippen LogP contribution in [0.4, 0.5) is 4.39 Å². The van der Waals surface area contributed by atoms with Crippen LogP contribution in [-0.2, 0) is 6.42 Å². The Morgan fingerprint density at radius 1 is 1.12 bits per heavy atom. The van der Waals surface area contributed by atoms with Crippen LogP contribution in [0.2, 0.25) is 0 Å². The summed E-state index contributed by atoms with van der Waals surface area (Å²) in [6, 6.07) is 10.1. The van der Waals surface area contributed by atoms with E-state index in [-0.39, 0.29) is 5.82 Å². The highest BCUT2D eigenvalue weighted by Gasteiger charge is 2.18. The third-order valence-corrected chi connectivity index (χ3v) is 4.73. The van der Waals surface area contributed by atoms with E-state index in [4.69, 9.17) is 9.15 Å². The zero-order valence-electron chi connectivity index (χ0n) is 13.6. The van der Waals surface area contributed by atoms with Gasteiger partial charge in [0.2, 0.25) is 5.89 Å². The number of hydrogen-bond donors (Lipinski definition) is 0. The van der Waals surface area contributed by atoms with Crippen LogP contribution >= 0.6 is 11.3 Å². The molecular formula is C18H14FN3O2S. The first-order chi connectivity index (χ1) is 12.1. The normalized spacial score (nSPS) is 11.2. The van der Waals surface area contributed by atoms with Crippen molar-refractivity contribution < 1.29 is 13.5 Å². The molecule has 0 spiro atoms. The molecule has 7 heteroatoms. The minimum Gasteiger partial charge on any atom is -0.494 e. The molecule has 0 aliphatic carbocycles. The highest BCUT2D eigenvalue weighted by Crippen LogP contribution is 2.37. The van der Waals surface area contributed by atoms with Crippen molar-refractivity contribution in [1.29, 1.82) is 0 Å². The van der Waals surface area contributed by atoms with Crippen LogP contribution < -0.4 is 4.74 Å². The smallest absolute Gasteiger partial charge is 0.251 e. The molecule has 0 fully saturated rings. The quantitative estimate of drug-likeness (QED) is 0.543. The molecule has 0 aliphatic heterocycles. The Balaban J connectivity index is 1.69. The molecule has 0 unspecified atom stereocenters. The van der Waals surface area contributed by atoms with Gasteiger partial charge in [0.1, 0.15) is 11.3 Å². The zero-order chi connectivity index (χ0) is 17.4. The fourth-order valence-electron chi connectivity index (χ4n) is 2.67. The summed E-state index contributed by atoms with van der Waals surface area (Å²) in [5.74, 6) is 1.19. The molecule has 0 radical (unpaired) electrons. The van der Waals surface area contributed by atoms with Gasteiger partial charge >= 0.3 is 0 Å². The number of aryl methyl sites for hydroxylation is 1. The van der Waals surface area contributed by atoms with Crippen molar-refractivity contribution in [2.75, 3.05) is 7.11 Å². The number of fused-ring (bicyclic) bond motifs is 1. The molecule has 25 heavy (non-hydrogen) atoms. The van der Waals surface area contributed by atoms with Gasteiger partial charge in [0.25, 0.3) is 5.89 Å². The number of hydrogen-bond acceptors (Lipinski definition) is 6. The van der Waals surface area contributed by atoms with Gasteiger partial charge in [-0.3, -0.25) is 0 Å². The predicted octanol–water partition coefficient (Wildman–Crippen LogP) is 4.39. The van der Waals surface area contributed by atoms with E-state index in [0.717, 1.165) is 20.8 Å². The van der Waals surface area contributed by atoms with Crippen LogP contribution in [0, 0.1) is 12.7 Å². The molecule has 0 atom stereocenters. The topological polar surface area (TPSA) is 61.0 Å². The van der Waals surface area contributed by atoms with Crippen LogP contribution in [0.1, 0.15) is 16.5 Å². The van der Waals surface area contributed by atoms with Crippen molar-refractivity contribution in [3.8, 4) is 17.2 Å². The SMILES string of the molecule is COc1c(-c2nnc(Cc3ccc(F)cc3)o2)ccc2sc(C)nc12. The van der Waals surface area contributed by atoms with Gasteiger partial charge in [-0.25, -0.2) is 9.37 Å². The number of halogens is 1. The first kappa shape index (κ1) is 15.7. The maximum Gasteiger partial charge on any atom is 0.251 e. The standard InChI is InChI=1S/C18H14FN3O2S/c1-10-20-16-14(25-10)8-7-13(17(16)23-2)18-22-21-15(24-18)9-11-3-5-12(19)6-4-11/h3-8H,9H2,1-2H3. The maximum atomic E-state index is 13.0. The number of benzene rings is 2. The molecule has 0 N–H and O–H groups in total. The Hall–Kier alpha value is -2.80. The fourth-order valence-corrected chi connectivity index (χ4v) is 3.49. The summed E-state index contributed by atoms with van der Waals surface area (Å²) in [5, 5.41) is 9.18. The second-order valence-corrected chi connectivity index (χ2v) is 6.76. The van der Waals surface area contributed by atoms with Crippen molar-refractivity contribution in [3.63, 3.8) is 0 Å². The summed E-state index contributed by atoms with van der Waals surface area (Å²) in [7, 11) is 1.60. The van der Waals surface area contributed by atoms with Gasteiger partial charge in [-0.15, -0.1) is 21.5 Å². The Bertz CT molecular complexity index is 1040. The van der Waals surface area contributed by atoms with Gasteiger partial charge in [0.15, 0.2) is 5.75 Å². The van der Waals surface area contributed by atoms with Crippen LogP contribution in [0.25, 0.3) is 21.7 Å². The second kappa shape index (κ2) is 6.25. The zero-order valence-corrected chi connectivity index (χ0v) is 14.4. The third kappa shape index (κ3) is 2.98. The van der Waals surface area contributed by atoms with Gasteiger partial charge in [-0.05, 0) is 36.8 Å².